The standard InChI is InChI=1S/C21H22ClN5O6/c22-16-2-4-18(20(14-16)27(31)32)23-5-7-25(8-6-23)21(28)15-1-3-17(19(13-15)26(29)30)24-9-11-33-12-10-24/h1-4,13-14H,5-12H2. The van der Waals surface area contributed by atoms with E-state index >= 15 is 0 Å². The molecular formula is C21H22ClN5O6. The van der Waals surface area contributed by atoms with Gasteiger partial charge in [-0.3, -0.25) is 25.0 Å². The summed E-state index contributed by atoms with van der Waals surface area (Å²) in [6.45, 7) is 3.53. The third kappa shape index (κ3) is 4.83. The number of benzene rings is 2. The molecule has 1 amide bonds. The number of amides is 1. The zero-order valence-corrected chi connectivity index (χ0v) is 18.4. The summed E-state index contributed by atoms with van der Waals surface area (Å²) in [4.78, 5) is 40.5. The molecule has 0 aromatic heterocycles. The first-order chi connectivity index (χ1) is 15.8. The summed E-state index contributed by atoms with van der Waals surface area (Å²) in [7, 11) is 0. The number of nitro groups is 2. The van der Waals surface area contributed by atoms with E-state index < -0.39 is 9.85 Å². The first-order valence-electron chi connectivity index (χ1n) is 10.4. The number of morpholine rings is 1. The number of ether oxygens (including phenoxy) is 1. The lowest BCUT2D eigenvalue weighted by Crippen LogP contribution is -2.49. The highest BCUT2D eigenvalue weighted by molar-refractivity contribution is 6.30. The number of piperazine rings is 1. The molecular weight excluding hydrogens is 454 g/mol. The predicted octanol–water partition coefficient (Wildman–Crippen LogP) is 2.96. The smallest absolute Gasteiger partial charge is 0.294 e. The van der Waals surface area contributed by atoms with Crippen LogP contribution in [0.4, 0.5) is 22.7 Å². The van der Waals surface area contributed by atoms with Crippen molar-refractivity contribution < 1.29 is 19.4 Å². The van der Waals surface area contributed by atoms with Gasteiger partial charge in [-0.1, -0.05) is 11.6 Å². The molecule has 2 aliphatic heterocycles. The minimum Gasteiger partial charge on any atom is -0.378 e. The molecule has 0 unspecified atom stereocenters. The second-order valence-electron chi connectivity index (χ2n) is 7.73. The van der Waals surface area contributed by atoms with Gasteiger partial charge in [-0.15, -0.1) is 0 Å². The number of carbonyl (C=O) groups is 1. The third-order valence-electron chi connectivity index (χ3n) is 5.81. The van der Waals surface area contributed by atoms with Gasteiger partial charge in [0.25, 0.3) is 17.3 Å². The van der Waals surface area contributed by atoms with Gasteiger partial charge in [0.2, 0.25) is 0 Å². The van der Waals surface area contributed by atoms with E-state index in [1.807, 2.05) is 9.80 Å². The molecule has 174 valence electrons. The van der Waals surface area contributed by atoms with E-state index in [0.717, 1.165) is 0 Å². The topological polar surface area (TPSA) is 122 Å². The fourth-order valence-electron chi connectivity index (χ4n) is 4.12. The van der Waals surface area contributed by atoms with Crippen LogP contribution in [-0.2, 0) is 4.74 Å². The van der Waals surface area contributed by atoms with Crippen molar-refractivity contribution in [2.24, 2.45) is 0 Å². The molecule has 0 aliphatic carbocycles. The number of rotatable bonds is 5. The average molecular weight is 476 g/mol. The lowest BCUT2D eigenvalue weighted by Gasteiger charge is -2.36. The van der Waals surface area contributed by atoms with Crippen molar-refractivity contribution >= 4 is 40.3 Å². The molecule has 0 bridgehead atoms. The lowest BCUT2D eigenvalue weighted by atomic mass is 10.1. The largest absolute Gasteiger partial charge is 0.378 e. The van der Waals surface area contributed by atoms with Crippen LogP contribution in [0.25, 0.3) is 0 Å². The minimum absolute atomic E-state index is 0.0865. The van der Waals surface area contributed by atoms with Crippen LogP contribution in [0, 0.1) is 20.2 Å². The summed E-state index contributed by atoms with van der Waals surface area (Å²) in [5, 5.41) is 23.4. The molecule has 33 heavy (non-hydrogen) atoms. The third-order valence-corrected chi connectivity index (χ3v) is 6.05. The van der Waals surface area contributed by atoms with Crippen molar-refractivity contribution in [3.63, 3.8) is 0 Å². The fraction of sp³-hybridized carbons (Fsp3) is 0.381. The Balaban J connectivity index is 1.48. The van der Waals surface area contributed by atoms with Gasteiger partial charge in [-0.05, 0) is 24.3 Å². The van der Waals surface area contributed by atoms with Gasteiger partial charge < -0.3 is 19.4 Å². The van der Waals surface area contributed by atoms with Crippen molar-refractivity contribution in [3.05, 3.63) is 67.2 Å². The predicted molar refractivity (Wildman–Crippen MR) is 122 cm³/mol. The summed E-state index contributed by atoms with van der Waals surface area (Å²) in [6.07, 6.45) is 0. The second-order valence-corrected chi connectivity index (χ2v) is 8.17. The van der Waals surface area contributed by atoms with Gasteiger partial charge in [0.05, 0.1) is 23.1 Å². The Morgan fingerprint density at radius 1 is 0.818 bits per heavy atom. The van der Waals surface area contributed by atoms with Gasteiger partial charge in [0, 0.05) is 62.0 Å². The van der Waals surface area contributed by atoms with Crippen LogP contribution in [0.1, 0.15) is 10.4 Å². The normalized spacial score (nSPS) is 16.6. The van der Waals surface area contributed by atoms with Crippen molar-refractivity contribution in [2.75, 3.05) is 62.3 Å². The molecule has 0 radical (unpaired) electrons. The number of anilines is 2. The lowest BCUT2D eigenvalue weighted by molar-refractivity contribution is -0.384. The molecule has 0 atom stereocenters. The van der Waals surface area contributed by atoms with E-state index in [0.29, 0.717) is 63.9 Å². The van der Waals surface area contributed by atoms with E-state index in [4.69, 9.17) is 16.3 Å². The first kappa shape index (κ1) is 22.7. The number of halogens is 1. The van der Waals surface area contributed by atoms with Crippen LogP contribution < -0.4 is 9.80 Å². The maximum Gasteiger partial charge on any atom is 0.294 e. The van der Waals surface area contributed by atoms with Crippen LogP contribution >= 0.6 is 11.6 Å². The quantitative estimate of drug-likeness (QED) is 0.477. The molecule has 11 nitrogen and oxygen atoms in total. The Bertz CT molecular complexity index is 1080. The van der Waals surface area contributed by atoms with E-state index in [1.54, 1.807) is 29.2 Å². The molecule has 2 aliphatic rings. The van der Waals surface area contributed by atoms with Crippen molar-refractivity contribution in [1.29, 1.82) is 0 Å². The van der Waals surface area contributed by atoms with Crippen LogP contribution in [-0.4, -0.2) is 73.1 Å². The van der Waals surface area contributed by atoms with E-state index in [1.165, 1.54) is 12.1 Å². The fourth-order valence-corrected chi connectivity index (χ4v) is 4.28. The Morgan fingerprint density at radius 3 is 1.97 bits per heavy atom. The first-order valence-corrected chi connectivity index (χ1v) is 10.8. The zero-order valence-electron chi connectivity index (χ0n) is 17.7. The number of nitro benzene ring substituents is 2. The zero-order chi connectivity index (χ0) is 23.5. The molecule has 2 aromatic carbocycles. The molecule has 0 saturated carbocycles. The summed E-state index contributed by atoms with van der Waals surface area (Å²) in [5.74, 6) is -0.308. The van der Waals surface area contributed by atoms with Gasteiger partial charge in [-0.2, -0.15) is 0 Å². The van der Waals surface area contributed by atoms with E-state index in [2.05, 4.69) is 0 Å². The van der Waals surface area contributed by atoms with Crippen LogP contribution in [0.5, 0.6) is 0 Å². The summed E-state index contributed by atoms with van der Waals surface area (Å²) in [5.41, 5.74) is 0.959. The van der Waals surface area contributed by atoms with Gasteiger partial charge in [0.1, 0.15) is 11.4 Å². The minimum atomic E-state index is -0.478. The van der Waals surface area contributed by atoms with E-state index in [-0.39, 0.29) is 27.9 Å². The van der Waals surface area contributed by atoms with Crippen molar-refractivity contribution in [2.45, 2.75) is 0 Å². The van der Waals surface area contributed by atoms with Crippen molar-refractivity contribution in [3.8, 4) is 0 Å². The average Bonchev–Trinajstić information content (AvgIpc) is 2.83. The number of carbonyl (C=O) groups excluding carboxylic acids is 1. The summed E-state index contributed by atoms with van der Waals surface area (Å²) in [6, 6.07) is 9.05. The Morgan fingerprint density at radius 2 is 1.36 bits per heavy atom. The molecule has 2 fully saturated rings. The van der Waals surface area contributed by atoms with Gasteiger partial charge in [0.15, 0.2) is 0 Å². The molecule has 2 saturated heterocycles. The van der Waals surface area contributed by atoms with Crippen LogP contribution in [0.2, 0.25) is 5.02 Å². The number of nitrogens with zero attached hydrogens (tertiary/aromatic N) is 5. The molecule has 4 rings (SSSR count). The molecule has 0 N–H and O–H groups in total. The van der Waals surface area contributed by atoms with Gasteiger partial charge >= 0.3 is 0 Å². The van der Waals surface area contributed by atoms with E-state index in [9.17, 15) is 25.0 Å². The second kappa shape index (κ2) is 9.59. The molecule has 2 aromatic rings. The van der Waals surface area contributed by atoms with Gasteiger partial charge in [-0.25, -0.2) is 0 Å². The van der Waals surface area contributed by atoms with Crippen LogP contribution in [0.3, 0.4) is 0 Å². The molecule has 12 heteroatoms. The number of hydrogen-bond acceptors (Lipinski definition) is 8. The molecule has 2 heterocycles. The highest BCUT2D eigenvalue weighted by atomic mass is 35.5. The maximum absolute atomic E-state index is 13.1. The van der Waals surface area contributed by atoms with Crippen LogP contribution in [0.15, 0.2) is 36.4 Å². The number of hydrogen-bond donors (Lipinski definition) is 0. The van der Waals surface area contributed by atoms with Crippen molar-refractivity contribution in [1.82, 2.24) is 4.90 Å². The summed E-state index contributed by atoms with van der Waals surface area (Å²) >= 11 is 5.90. The SMILES string of the molecule is O=C(c1ccc(N2CCOCC2)c([N+](=O)[O-])c1)N1CCN(c2ccc(Cl)cc2[N+](=O)[O-])CC1. The monoisotopic (exact) mass is 475 g/mol. The molecule has 0 spiro atoms. The summed E-state index contributed by atoms with van der Waals surface area (Å²) < 4.78 is 5.31. The highest BCUT2D eigenvalue weighted by Crippen LogP contribution is 2.33. The Kier molecular flexibility index (Phi) is 6.61. The Hall–Kier alpha value is -3.44. The maximum atomic E-state index is 13.1. The highest BCUT2D eigenvalue weighted by Gasteiger charge is 2.29. The Labute approximate surface area is 194 Å².